The van der Waals surface area contributed by atoms with Crippen molar-refractivity contribution in [2.75, 3.05) is 13.2 Å². The predicted octanol–water partition coefficient (Wildman–Crippen LogP) is 7.12. The molecule has 0 radical (unpaired) electrons. The summed E-state index contributed by atoms with van der Waals surface area (Å²) in [5.41, 5.74) is -3.06. The molecule has 1 aliphatic rings. The van der Waals surface area contributed by atoms with Crippen LogP contribution < -0.4 is 4.74 Å². The Morgan fingerprint density at radius 3 is 2.08 bits per heavy atom. The van der Waals surface area contributed by atoms with Crippen LogP contribution in [0.25, 0.3) is 10.8 Å². The molecule has 0 aliphatic carbocycles. The predicted molar refractivity (Wildman–Crippen MR) is 111 cm³/mol. The zero-order valence-electron chi connectivity index (χ0n) is 18.7. The van der Waals surface area contributed by atoms with Crippen LogP contribution in [-0.2, 0) is 15.6 Å². The van der Waals surface area contributed by atoms with Crippen LogP contribution in [0, 0.1) is 41.0 Å². The topological polar surface area (TPSA) is 27.7 Å². The third-order valence-electron chi connectivity index (χ3n) is 5.27. The van der Waals surface area contributed by atoms with E-state index in [1.54, 1.807) is 0 Å². The Labute approximate surface area is 203 Å². The van der Waals surface area contributed by atoms with E-state index in [0.717, 1.165) is 24.1 Å². The fourth-order valence-corrected chi connectivity index (χ4v) is 3.62. The van der Waals surface area contributed by atoms with Gasteiger partial charge in [-0.2, -0.15) is 22.0 Å². The highest BCUT2D eigenvalue weighted by Crippen LogP contribution is 2.38. The van der Waals surface area contributed by atoms with Gasteiger partial charge in [-0.3, -0.25) is 0 Å². The highest BCUT2D eigenvalue weighted by molar-refractivity contribution is 5.86. The van der Waals surface area contributed by atoms with E-state index in [1.807, 2.05) is 6.92 Å². The Kier molecular flexibility index (Phi) is 7.05. The molecule has 196 valence electrons. The minimum atomic E-state index is -5.01. The number of alkyl halides is 5. The van der Waals surface area contributed by atoms with E-state index in [1.165, 1.54) is 5.92 Å². The Bertz CT molecular complexity index is 1380. The first-order valence-electron chi connectivity index (χ1n) is 10.6. The minimum absolute atomic E-state index is 0.0336. The number of hydrogen-bond donors (Lipinski definition) is 0. The lowest BCUT2D eigenvalue weighted by Gasteiger charge is -2.28. The molecular formula is C25H15F9O3. The van der Waals surface area contributed by atoms with E-state index in [9.17, 15) is 39.5 Å². The Balaban J connectivity index is 1.63. The monoisotopic (exact) mass is 534 g/mol. The van der Waals surface area contributed by atoms with Gasteiger partial charge >= 0.3 is 12.3 Å². The van der Waals surface area contributed by atoms with Crippen LogP contribution >= 0.6 is 0 Å². The number of hydrogen-bond acceptors (Lipinski definition) is 3. The molecule has 1 fully saturated rings. The molecule has 1 heterocycles. The summed E-state index contributed by atoms with van der Waals surface area (Å²) in [4.78, 5) is 0. The van der Waals surface area contributed by atoms with Crippen molar-refractivity contribution in [3.63, 3.8) is 0 Å². The molecule has 3 aromatic rings. The summed E-state index contributed by atoms with van der Waals surface area (Å²) >= 11 is 0. The van der Waals surface area contributed by atoms with Crippen molar-refractivity contribution in [3.8, 4) is 17.6 Å². The first-order chi connectivity index (χ1) is 17.2. The van der Waals surface area contributed by atoms with Crippen LogP contribution in [0.1, 0.15) is 29.9 Å². The number of ether oxygens (including phenoxy) is 3. The third-order valence-corrected chi connectivity index (χ3v) is 5.27. The maximum atomic E-state index is 14.8. The number of rotatable bonds is 4. The normalized spacial score (nSPS) is 18.4. The second kappa shape index (κ2) is 9.79. The molecular weight excluding hydrogens is 519 g/mol. The Morgan fingerprint density at radius 1 is 0.865 bits per heavy atom. The molecule has 0 atom stereocenters. The molecule has 37 heavy (non-hydrogen) atoms. The van der Waals surface area contributed by atoms with E-state index in [2.05, 4.69) is 4.74 Å². The van der Waals surface area contributed by atoms with E-state index in [0.29, 0.717) is 18.2 Å². The average Bonchev–Trinajstić information content (AvgIpc) is 2.77. The van der Waals surface area contributed by atoms with E-state index >= 15 is 0 Å². The lowest BCUT2D eigenvalue weighted by atomic mass is 10.0. The molecule has 0 aromatic heterocycles. The van der Waals surface area contributed by atoms with Crippen LogP contribution in [-0.4, -0.2) is 19.4 Å². The molecule has 1 saturated heterocycles. The first kappa shape index (κ1) is 26.6. The van der Waals surface area contributed by atoms with Crippen molar-refractivity contribution in [1.29, 1.82) is 0 Å². The van der Waals surface area contributed by atoms with Gasteiger partial charge in [-0.05, 0) is 41.8 Å². The van der Waals surface area contributed by atoms with E-state index < -0.39 is 64.1 Å². The lowest BCUT2D eigenvalue weighted by Crippen LogP contribution is -2.27. The molecule has 4 rings (SSSR count). The van der Waals surface area contributed by atoms with Crippen molar-refractivity contribution in [2.45, 2.75) is 25.5 Å². The Hall–Kier alpha value is -3.43. The smallest absolute Gasteiger partial charge is 0.429 e. The summed E-state index contributed by atoms with van der Waals surface area (Å²) in [6, 6.07) is 4.11. The summed E-state index contributed by atoms with van der Waals surface area (Å²) in [5, 5.41) is -0.829. The standard InChI is InChI=1S/C25H15F9O3/c1-12-10-35-23(36-11-12)14-8-19(27)21(20(28)9-14)25(33,34)37-15-2-3-16-13(6-15)7-18(26)17(22(16)29)4-5-24(30,31)32/h2-3,6-9,12,23H,10-11H2,1H3. The third kappa shape index (κ3) is 5.78. The fourth-order valence-electron chi connectivity index (χ4n) is 3.62. The van der Waals surface area contributed by atoms with Gasteiger partial charge in [0.25, 0.3) is 0 Å². The molecule has 0 unspecified atom stereocenters. The molecule has 3 nitrogen and oxygen atoms in total. The number of halogens is 9. The zero-order chi connectivity index (χ0) is 27.1. The highest BCUT2D eigenvalue weighted by Gasteiger charge is 2.42. The van der Waals surface area contributed by atoms with Crippen LogP contribution in [0.5, 0.6) is 5.75 Å². The SMILES string of the molecule is CC1COC(c2cc(F)c(C(F)(F)Oc3ccc4c(F)c(C#CC(F)(F)F)c(F)cc4c3)c(F)c2)OC1. The van der Waals surface area contributed by atoms with Crippen molar-refractivity contribution in [3.05, 3.63) is 76.4 Å². The summed E-state index contributed by atoms with van der Waals surface area (Å²) in [5.74, 6) is -4.86. The average molecular weight is 534 g/mol. The molecule has 0 saturated carbocycles. The molecule has 12 heteroatoms. The molecule has 0 N–H and O–H groups in total. The van der Waals surface area contributed by atoms with Crippen molar-refractivity contribution in [1.82, 2.24) is 0 Å². The molecule has 3 aromatic carbocycles. The molecule has 0 spiro atoms. The quantitative estimate of drug-likeness (QED) is 0.264. The van der Waals surface area contributed by atoms with Crippen LogP contribution in [0.2, 0.25) is 0 Å². The lowest BCUT2D eigenvalue weighted by molar-refractivity contribution is -0.203. The van der Waals surface area contributed by atoms with Gasteiger partial charge in [0.05, 0.1) is 18.8 Å². The maximum Gasteiger partial charge on any atom is 0.458 e. The van der Waals surface area contributed by atoms with Crippen molar-refractivity contribution >= 4 is 10.8 Å². The second-order valence-electron chi connectivity index (χ2n) is 8.26. The van der Waals surface area contributed by atoms with Crippen LogP contribution in [0.4, 0.5) is 39.5 Å². The summed E-state index contributed by atoms with van der Waals surface area (Å²) in [7, 11) is 0. The van der Waals surface area contributed by atoms with E-state index in [4.69, 9.17) is 9.47 Å². The second-order valence-corrected chi connectivity index (χ2v) is 8.26. The zero-order valence-corrected chi connectivity index (χ0v) is 18.7. The summed E-state index contributed by atoms with van der Waals surface area (Å²) in [6.45, 7) is 2.28. The fraction of sp³-hybridized carbons (Fsp3) is 0.280. The molecule has 1 aliphatic heterocycles. The maximum absolute atomic E-state index is 14.8. The summed E-state index contributed by atoms with van der Waals surface area (Å²) < 4.78 is 139. The van der Waals surface area contributed by atoms with Crippen LogP contribution in [0.3, 0.4) is 0 Å². The van der Waals surface area contributed by atoms with Gasteiger partial charge < -0.3 is 14.2 Å². The van der Waals surface area contributed by atoms with Gasteiger partial charge in [0, 0.05) is 22.8 Å². The van der Waals surface area contributed by atoms with Crippen molar-refractivity contribution in [2.24, 2.45) is 5.92 Å². The van der Waals surface area contributed by atoms with E-state index in [-0.39, 0.29) is 30.1 Å². The number of benzene rings is 3. The van der Waals surface area contributed by atoms with Gasteiger partial charge in [0.2, 0.25) is 0 Å². The first-order valence-corrected chi connectivity index (χ1v) is 10.6. The van der Waals surface area contributed by atoms with Gasteiger partial charge in [0.1, 0.15) is 34.6 Å². The summed E-state index contributed by atoms with van der Waals surface area (Å²) in [6.07, 6.45) is -10.7. The van der Waals surface area contributed by atoms with Gasteiger partial charge in [-0.15, -0.1) is 0 Å². The largest absolute Gasteiger partial charge is 0.458 e. The highest BCUT2D eigenvalue weighted by atomic mass is 19.4. The minimum Gasteiger partial charge on any atom is -0.429 e. The molecule has 0 amide bonds. The number of fused-ring (bicyclic) bond motifs is 1. The van der Waals surface area contributed by atoms with Gasteiger partial charge in [-0.1, -0.05) is 12.8 Å². The van der Waals surface area contributed by atoms with Gasteiger partial charge in [0.15, 0.2) is 6.29 Å². The Morgan fingerprint density at radius 2 is 1.49 bits per heavy atom. The van der Waals surface area contributed by atoms with Gasteiger partial charge in [-0.25, -0.2) is 17.6 Å². The molecule has 0 bridgehead atoms. The van der Waals surface area contributed by atoms with Crippen molar-refractivity contribution < 1.29 is 53.7 Å². The van der Waals surface area contributed by atoms with Crippen LogP contribution in [0.15, 0.2) is 36.4 Å².